The van der Waals surface area contributed by atoms with Crippen molar-refractivity contribution >= 4 is 12.1 Å². The van der Waals surface area contributed by atoms with Crippen LogP contribution in [-0.4, -0.2) is 51.0 Å². The number of likely N-dealkylation sites (tertiary alicyclic amines) is 1. The van der Waals surface area contributed by atoms with Crippen molar-refractivity contribution < 1.29 is 24.5 Å². The SMILES string of the molecule is C[C@H]1[C@H]2C[C@@H]([C@H](O)[C@@H](C)C(=O)O)N(C(=O)OC(C)(C)C)[C@@H]12. The highest BCUT2D eigenvalue weighted by Crippen LogP contribution is 2.54. The Bertz CT molecular complexity index is 444. The van der Waals surface area contributed by atoms with E-state index >= 15 is 0 Å². The Morgan fingerprint density at radius 2 is 1.90 bits per heavy atom. The normalized spacial score (nSPS) is 34.1. The van der Waals surface area contributed by atoms with Crippen LogP contribution >= 0.6 is 0 Å². The molecule has 0 radical (unpaired) electrons. The molecule has 120 valence electrons. The molecule has 0 spiro atoms. The molecule has 2 rings (SSSR count). The second kappa shape index (κ2) is 5.16. The maximum Gasteiger partial charge on any atom is 0.410 e. The molecule has 6 heteroatoms. The molecule has 1 amide bonds. The maximum absolute atomic E-state index is 12.4. The van der Waals surface area contributed by atoms with Gasteiger partial charge in [-0.05, 0) is 46.0 Å². The van der Waals surface area contributed by atoms with Crippen LogP contribution in [0.5, 0.6) is 0 Å². The predicted octanol–water partition coefficient (Wildman–Crippen LogP) is 1.71. The molecule has 21 heavy (non-hydrogen) atoms. The van der Waals surface area contributed by atoms with Gasteiger partial charge < -0.3 is 14.9 Å². The van der Waals surface area contributed by atoms with Gasteiger partial charge in [-0.3, -0.25) is 9.69 Å². The molecule has 1 saturated heterocycles. The zero-order valence-corrected chi connectivity index (χ0v) is 13.2. The number of amides is 1. The lowest BCUT2D eigenvalue weighted by Gasteiger charge is -2.34. The molecule has 2 fully saturated rings. The van der Waals surface area contributed by atoms with Crippen LogP contribution in [0.15, 0.2) is 0 Å². The summed E-state index contributed by atoms with van der Waals surface area (Å²) >= 11 is 0. The fourth-order valence-corrected chi connectivity index (χ4v) is 3.30. The summed E-state index contributed by atoms with van der Waals surface area (Å²) in [6.45, 7) is 8.91. The van der Waals surface area contributed by atoms with Crippen molar-refractivity contribution in [2.45, 2.75) is 64.8 Å². The fourth-order valence-electron chi connectivity index (χ4n) is 3.30. The van der Waals surface area contributed by atoms with Gasteiger partial charge in [0.05, 0.1) is 18.1 Å². The van der Waals surface area contributed by atoms with Gasteiger partial charge >= 0.3 is 12.1 Å². The summed E-state index contributed by atoms with van der Waals surface area (Å²) in [5.41, 5.74) is -0.610. The summed E-state index contributed by atoms with van der Waals surface area (Å²) in [4.78, 5) is 25.0. The van der Waals surface area contributed by atoms with E-state index in [1.807, 2.05) is 0 Å². The number of carbonyl (C=O) groups excluding carboxylic acids is 1. The van der Waals surface area contributed by atoms with Crippen LogP contribution in [0, 0.1) is 17.8 Å². The lowest BCUT2D eigenvalue weighted by atomic mass is 9.94. The topological polar surface area (TPSA) is 87.1 Å². The summed E-state index contributed by atoms with van der Waals surface area (Å²) in [6, 6.07) is -0.405. The van der Waals surface area contributed by atoms with Gasteiger partial charge in [0.15, 0.2) is 0 Å². The molecule has 2 aliphatic rings. The van der Waals surface area contributed by atoms with E-state index in [2.05, 4.69) is 6.92 Å². The Morgan fingerprint density at radius 1 is 1.33 bits per heavy atom. The number of hydrogen-bond donors (Lipinski definition) is 2. The summed E-state index contributed by atoms with van der Waals surface area (Å²) in [6.07, 6.45) is -0.889. The second-order valence-electron chi connectivity index (χ2n) is 7.32. The van der Waals surface area contributed by atoms with Gasteiger partial charge in [0.2, 0.25) is 0 Å². The monoisotopic (exact) mass is 299 g/mol. The molecule has 1 aliphatic heterocycles. The third kappa shape index (κ3) is 3.00. The van der Waals surface area contributed by atoms with Crippen LogP contribution in [0.2, 0.25) is 0 Å². The third-order valence-electron chi connectivity index (χ3n) is 4.60. The van der Waals surface area contributed by atoms with Crippen LogP contribution in [0.1, 0.15) is 41.0 Å². The molecule has 2 N–H and O–H groups in total. The predicted molar refractivity (Wildman–Crippen MR) is 75.7 cm³/mol. The average molecular weight is 299 g/mol. The molecular weight excluding hydrogens is 274 g/mol. The van der Waals surface area contributed by atoms with Crippen LogP contribution < -0.4 is 0 Å². The van der Waals surface area contributed by atoms with Crippen molar-refractivity contribution in [3.63, 3.8) is 0 Å². The zero-order valence-electron chi connectivity index (χ0n) is 13.2. The lowest BCUT2D eigenvalue weighted by Crippen LogP contribution is -2.50. The smallest absolute Gasteiger partial charge is 0.410 e. The quantitative estimate of drug-likeness (QED) is 0.828. The van der Waals surface area contributed by atoms with E-state index in [0.717, 1.165) is 0 Å². The van der Waals surface area contributed by atoms with Gasteiger partial charge in [-0.2, -0.15) is 0 Å². The van der Waals surface area contributed by atoms with Crippen molar-refractivity contribution in [1.29, 1.82) is 0 Å². The lowest BCUT2D eigenvalue weighted by molar-refractivity contribution is -0.146. The van der Waals surface area contributed by atoms with Crippen molar-refractivity contribution in [1.82, 2.24) is 4.90 Å². The number of piperidine rings is 1. The van der Waals surface area contributed by atoms with E-state index < -0.39 is 35.7 Å². The Hall–Kier alpha value is -1.30. The van der Waals surface area contributed by atoms with Gasteiger partial charge in [-0.1, -0.05) is 6.92 Å². The van der Waals surface area contributed by atoms with Crippen LogP contribution in [0.4, 0.5) is 4.79 Å². The number of aliphatic hydroxyl groups excluding tert-OH is 1. The third-order valence-corrected chi connectivity index (χ3v) is 4.60. The molecule has 6 atom stereocenters. The van der Waals surface area contributed by atoms with Crippen molar-refractivity contribution in [2.75, 3.05) is 0 Å². The van der Waals surface area contributed by atoms with Gasteiger partial charge in [0.1, 0.15) is 5.60 Å². The number of carbonyl (C=O) groups is 2. The first-order valence-electron chi connectivity index (χ1n) is 7.46. The summed E-state index contributed by atoms with van der Waals surface area (Å²) < 4.78 is 5.42. The van der Waals surface area contributed by atoms with E-state index in [0.29, 0.717) is 18.3 Å². The molecule has 0 aromatic rings. The number of hydrogen-bond acceptors (Lipinski definition) is 4. The Morgan fingerprint density at radius 3 is 2.38 bits per heavy atom. The Balaban J connectivity index is 2.14. The van der Waals surface area contributed by atoms with Gasteiger partial charge in [0, 0.05) is 6.04 Å². The minimum Gasteiger partial charge on any atom is -0.481 e. The summed E-state index contributed by atoms with van der Waals surface area (Å²) in [5.74, 6) is -1.23. The number of aliphatic hydroxyl groups is 1. The number of fused-ring (bicyclic) bond motifs is 1. The first kappa shape index (κ1) is 16.1. The summed E-state index contributed by atoms with van der Waals surface area (Å²) in [5, 5.41) is 19.4. The number of rotatable bonds is 3. The summed E-state index contributed by atoms with van der Waals surface area (Å²) in [7, 11) is 0. The first-order chi connectivity index (χ1) is 9.54. The molecule has 0 aromatic heterocycles. The fraction of sp³-hybridized carbons (Fsp3) is 0.867. The number of carboxylic acids is 1. The molecule has 0 aromatic carbocycles. The maximum atomic E-state index is 12.4. The minimum atomic E-state index is -1.07. The number of aliphatic carboxylic acids is 1. The second-order valence-corrected chi connectivity index (χ2v) is 7.32. The average Bonchev–Trinajstić information content (AvgIpc) is 2.82. The molecule has 0 bridgehead atoms. The van der Waals surface area contributed by atoms with Crippen LogP contribution in [0.25, 0.3) is 0 Å². The molecule has 1 aliphatic carbocycles. The van der Waals surface area contributed by atoms with E-state index in [4.69, 9.17) is 9.84 Å². The molecular formula is C15H25NO5. The van der Waals surface area contributed by atoms with Crippen LogP contribution in [-0.2, 0) is 9.53 Å². The highest BCUT2D eigenvalue weighted by atomic mass is 16.6. The molecule has 1 saturated carbocycles. The first-order valence-corrected chi connectivity index (χ1v) is 7.46. The van der Waals surface area contributed by atoms with E-state index in [-0.39, 0.29) is 6.04 Å². The molecule has 0 unspecified atom stereocenters. The number of nitrogens with zero attached hydrogens (tertiary/aromatic N) is 1. The zero-order chi connectivity index (χ0) is 16.1. The molecule has 1 heterocycles. The van der Waals surface area contributed by atoms with E-state index in [9.17, 15) is 14.7 Å². The number of carboxylic acid groups (broad SMARTS) is 1. The highest BCUT2D eigenvalue weighted by Gasteiger charge is 2.62. The number of ether oxygens (including phenoxy) is 1. The van der Waals surface area contributed by atoms with Gasteiger partial charge in [-0.25, -0.2) is 4.79 Å². The van der Waals surface area contributed by atoms with E-state index in [1.54, 1.807) is 25.7 Å². The minimum absolute atomic E-state index is 0.0699. The highest BCUT2D eigenvalue weighted by molar-refractivity contribution is 5.72. The van der Waals surface area contributed by atoms with Gasteiger partial charge in [0.25, 0.3) is 0 Å². The van der Waals surface area contributed by atoms with E-state index in [1.165, 1.54) is 6.92 Å². The Labute approximate surface area is 125 Å². The van der Waals surface area contributed by atoms with Crippen molar-refractivity contribution in [2.24, 2.45) is 17.8 Å². The van der Waals surface area contributed by atoms with Crippen molar-refractivity contribution in [3.8, 4) is 0 Å². The van der Waals surface area contributed by atoms with Crippen LogP contribution in [0.3, 0.4) is 0 Å². The standard InChI is InChI=1S/C15H25NO5/c1-7-9-6-10(12(17)8(2)13(18)19)16(11(7)9)14(20)21-15(3,4)5/h7-12,17H,6H2,1-5H3,(H,18,19)/t7-,8+,9+,10-,11-,12+/m0/s1. The molecule has 6 nitrogen and oxygen atoms in total. The van der Waals surface area contributed by atoms with Crippen molar-refractivity contribution in [3.05, 3.63) is 0 Å². The largest absolute Gasteiger partial charge is 0.481 e. The van der Waals surface area contributed by atoms with Gasteiger partial charge in [-0.15, -0.1) is 0 Å². The Kier molecular flexibility index (Phi) is 3.95.